The number of halogens is 1. The fourth-order valence-electron chi connectivity index (χ4n) is 4.55. The van der Waals surface area contributed by atoms with Gasteiger partial charge in [-0.25, -0.2) is 4.39 Å². The van der Waals surface area contributed by atoms with Crippen LogP contribution >= 0.6 is 0 Å². The van der Waals surface area contributed by atoms with Crippen LogP contribution in [-0.2, 0) is 0 Å². The van der Waals surface area contributed by atoms with Crippen LogP contribution in [0.1, 0.15) is 42.6 Å². The van der Waals surface area contributed by atoms with Crippen molar-refractivity contribution in [1.29, 1.82) is 0 Å². The van der Waals surface area contributed by atoms with Gasteiger partial charge in [0.1, 0.15) is 11.5 Å². The number of hydrogen-bond donors (Lipinski definition) is 2. The maximum Gasteiger partial charge on any atom is 0.271 e. The highest BCUT2D eigenvalue weighted by atomic mass is 19.1. The average molecular weight is 370 g/mol. The van der Waals surface area contributed by atoms with E-state index in [0.29, 0.717) is 17.5 Å². The first-order valence-corrected chi connectivity index (χ1v) is 9.44. The molecule has 0 radical (unpaired) electrons. The summed E-state index contributed by atoms with van der Waals surface area (Å²) in [7, 11) is 0. The van der Waals surface area contributed by atoms with Crippen molar-refractivity contribution in [2.24, 2.45) is 17.6 Å². The topological polar surface area (TPSA) is 90.0 Å². The first kappa shape index (κ1) is 17.9. The molecule has 6 nitrogen and oxygen atoms in total. The van der Waals surface area contributed by atoms with E-state index in [0.717, 1.165) is 30.4 Å². The zero-order chi connectivity index (χ0) is 19.0. The minimum atomic E-state index is -0.400. The van der Waals surface area contributed by atoms with Gasteiger partial charge in [0.2, 0.25) is 0 Å². The molecule has 2 aliphatic rings. The second kappa shape index (κ2) is 7.23. The van der Waals surface area contributed by atoms with Crippen LogP contribution in [0, 0.1) is 17.7 Å². The molecule has 2 bridgehead atoms. The van der Waals surface area contributed by atoms with Crippen molar-refractivity contribution in [2.45, 2.75) is 44.2 Å². The first-order valence-electron chi connectivity index (χ1n) is 9.44. The molecule has 2 aromatic rings. The highest BCUT2D eigenvalue weighted by Gasteiger charge is 2.40. The predicted molar refractivity (Wildman–Crippen MR) is 99.1 cm³/mol. The number of carbonyl (C=O) groups excluding carboxylic acids is 1. The fraction of sp³-hybridized carbons (Fsp3) is 0.450. The number of carbonyl (C=O) groups is 1. The third-order valence-electron chi connectivity index (χ3n) is 5.78. The summed E-state index contributed by atoms with van der Waals surface area (Å²) in [5.41, 5.74) is 6.36. The lowest BCUT2D eigenvalue weighted by Crippen LogP contribution is -2.53. The zero-order valence-electron chi connectivity index (χ0n) is 15.0. The number of nitrogens with two attached hydrogens (primary N) is 1. The van der Waals surface area contributed by atoms with E-state index >= 15 is 0 Å². The average Bonchev–Trinajstić information content (AvgIpc) is 2.63. The SMILES string of the molecule is NC1CC2CCCC(C1)C2NC(=O)c1ccc(=O)n(-c2ccc(F)cc2)n1. The van der Waals surface area contributed by atoms with E-state index < -0.39 is 5.82 Å². The molecule has 1 aromatic heterocycles. The molecule has 2 aliphatic carbocycles. The maximum absolute atomic E-state index is 13.1. The third kappa shape index (κ3) is 3.64. The van der Waals surface area contributed by atoms with Crippen molar-refractivity contribution < 1.29 is 9.18 Å². The van der Waals surface area contributed by atoms with Crippen LogP contribution in [0.2, 0.25) is 0 Å². The van der Waals surface area contributed by atoms with Gasteiger partial charge in [0, 0.05) is 18.2 Å². The van der Waals surface area contributed by atoms with E-state index in [-0.39, 0.29) is 29.2 Å². The molecule has 7 heteroatoms. The van der Waals surface area contributed by atoms with Gasteiger partial charge in [0.05, 0.1) is 5.69 Å². The van der Waals surface area contributed by atoms with Gasteiger partial charge in [-0.15, -0.1) is 0 Å². The summed E-state index contributed by atoms with van der Waals surface area (Å²) >= 11 is 0. The Labute approximate surface area is 156 Å². The zero-order valence-corrected chi connectivity index (χ0v) is 15.0. The number of aromatic nitrogens is 2. The molecule has 142 valence electrons. The van der Waals surface area contributed by atoms with Gasteiger partial charge >= 0.3 is 0 Å². The Morgan fingerprint density at radius 2 is 1.78 bits per heavy atom. The Morgan fingerprint density at radius 3 is 2.44 bits per heavy atom. The maximum atomic E-state index is 13.1. The summed E-state index contributed by atoms with van der Waals surface area (Å²) in [5, 5.41) is 7.32. The number of benzene rings is 1. The number of nitrogens with one attached hydrogen (secondary N) is 1. The summed E-state index contributed by atoms with van der Waals surface area (Å²) in [6.45, 7) is 0. The number of fused-ring (bicyclic) bond motifs is 2. The molecular weight excluding hydrogens is 347 g/mol. The molecule has 27 heavy (non-hydrogen) atoms. The Kier molecular flexibility index (Phi) is 4.78. The fourth-order valence-corrected chi connectivity index (χ4v) is 4.55. The van der Waals surface area contributed by atoms with Gasteiger partial charge < -0.3 is 11.1 Å². The van der Waals surface area contributed by atoms with E-state index in [2.05, 4.69) is 10.4 Å². The van der Waals surface area contributed by atoms with Crippen LogP contribution in [0.25, 0.3) is 5.69 Å². The lowest BCUT2D eigenvalue weighted by Gasteiger charge is -2.45. The summed E-state index contributed by atoms with van der Waals surface area (Å²) < 4.78 is 14.2. The normalized spacial score (nSPS) is 27.2. The summed E-state index contributed by atoms with van der Waals surface area (Å²) in [4.78, 5) is 24.9. The van der Waals surface area contributed by atoms with Crippen LogP contribution in [0.4, 0.5) is 4.39 Å². The third-order valence-corrected chi connectivity index (χ3v) is 5.78. The molecule has 0 saturated heterocycles. The second-order valence-corrected chi connectivity index (χ2v) is 7.63. The van der Waals surface area contributed by atoms with Crippen LogP contribution in [0.5, 0.6) is 0 Å². The molecule has 0 aliphatic heterocycles. The smallest absolute Gasteiger partial charge is 0.271 e. The van der Waals surface area contributed by atoms with Gasteiger partial charge in [-0.1, -0.05) is 6.42 Å². The lowest BCUT2D eigenvalue weighted by molar-refractivity contribution is 0.0750. The Balaban J connectivity index is 1.56. The minimum Gasteiger partial charge on any atom is -0.347 e. The largest absolute Gasteiger partial charge is 0.347 e. The van der Waals surface area contributed by atoms with E-state index in [1.165, 1.54) is 42.8 Å². The molecule has 2 fully saturated rings. The quantitative estimate of drug-likeness (QED) is 0.865. The summed E-state index contributed by atoms with van der Waals surface area (Å²) in [6.07, 6.45) is 5.21. The van der Waals surface area contributed by atoms with Gasteiger partial charge in [-0.05, 0) is 67.9 Å². The molecule has 4 rings (SSSR count). The summed E-state index contributed by atoms with van der Waals surface area (Å²) in [6, 6.07) is 8.48. The Morgan fingerprint density at radius 1 is 1.11 bits per heavy atom. The highest BCUT2D eigenvalue weighted by Crippen LogP contribution is 2.39. The molecule has 1 aromatic carbocycles. The predicted octanol–water partition coefficient (Wildman–Crippen LogP) is 2.01. The molecule has 3 N–H and O–H groups in total. The molecule has 1 amide bonds. The van der Waals surface area contributed by atoms with E-state index in [1.807, 2.05) is 0 Å². The van der Waals surface area contributed by atoms with Crippen molar-refractivity contribution in [3.05, 3.63) is 58.3 Å². The second-order valence-electron chi connectivity index (χ2n) is 7.63. The van der Waals surface area contributed by atoms with Gasteiger partial charge in [0.25, 0.3) is 11.5 Å². The van der Waals surface area contributed by atoms with Crippen LogP contribution in [0.15, 0.2) is 41.2 Å². The molecule has 0 spiro atoms. The number of hydrogen-bond acceptors (Lipinski definition) is 4. The van der Waals surface area contributed by atoms with Crippen LogP contribution < -0.4 is 16.6 Å². The van der Waals surface area contributed by atoms with Gasteiger partial charge in [0.15, 0.2) is 0 Å². The van der Waals surface area contributed by atoms with Gasteiger partial charge in [-0.3, -0.25) is 9.59 Å². The Bertz CT molecular complexity index is 882. The number of amides is 1. The Hall–Kier alpha value is -2.54. The standard InChI is InChI=1S/C20H23FN4O2/c21-14-4-6-16(7-5-14)25-18(26)9-8-17(24-25)20(27)23-19-12-2-1-3-13(19)11-15(22)10-12/h4-9,12-13,15,19H,1-3,10-11,22H2,(H,23,27). The molecule has 1 heterocycles. The van der Waals surface area contributed by atoms with Gasteiger partial charge in [-0.2, -0.15) is 9.78 Å². The molecule has 2 saturated carbocycles. The monoisotopic (exact) mass is 370 g/mol. The van der Waals surface area contributed by atoms with Crippen molar-refractivity contribution in [1.82, 2.24) is 15.1 Å². The van der Waals surface area contributed by atoms with Crippen molar-refractivity contribution in [2.75, 3.05) is 0 Å². The molecule has 2 unspecified atom stereocenters. The van der Waals surface area contributed by atoms with Crippen LogP contribution in [0.3, 0.4) is 0 Å². The van der Waals surface area contributed by atoms with E-state index in [4.69, 9.17) is 5.73 Å². The lowest BCUT2D eigenvalue weighted by atomic mass is 9.67. The van der Waals surface area contributed by atoms with Crippen molar-refractivity contribution >= 4 is 5.91 Å². The number of rotatable bonds is 3. The number of nitrogens with zero attached hydrogens (tertiary/aromatic N) is 2. The first-order chi connectivity index (χ1) is 13.0. The van der Waals surface area contributed by atoms with E-state index in [1.54, 1.807) is 0 Å². The highest BCUT2D eigenvalue weighted by molar-refractivity contribution is 5.92. The van der Waals surface area contributed by atoms with Crippen molar-refractivity contribution in [3.63, 3.8) is 0 Å². The minimum absolute atomic E-state index is 0.110. The molecular formula is C20H23FN4O2. The summed E-state index contributed by atoms with van der Waals surface area (Å²) in [5.74, 6) is 0.116. The molecule has 2 atom stereocenters. The van der Waals surface area contributed by atoms with E-state index in [9.17, 15) is 14.0 Å². The van der Waals surface area contributed by atoms with Crippen LogP contribution in [-0.4, -0.2) is 27.8 Å². The van der Waals surface area contributed by atoms with Crippen molar-refractivity contribution in [3.8, 4) is 5.69 Å².